The van der Waals surface area contributed by atoms with Crippen LogP contribution in [0.3, 0.4) is 0 Å². The molecule has 0 heterocycles. The molecular formula is C15H29NO2S. The van der Waals surface area contributed by atoms with Gasteiger partial charge in [-0.2, -0.15) is 11.8 Å². The van der Waals surface area contributed by atoms with Gasteiger partial charge in [-0.25, -0.2) is 0 Å². The first-order valence-corrected chi connectivity index (χ1v) is 8.61. The van der Waals surface area contributed by atoms with Crippen molar-refractivity contribution in [1.82, 2.24) is 5.32 Å². The number of hydrogen-bond donors (Lipinski definition) is 2. The van der Waals surface area contributed by atoms with Gasteiger partial charge in [-0.1, -0.05) is 19.3 Å². The Bertz CT molecular complexity index is 277. The van der Waals surface area contributed by atoms with Gasteiger partial charge in [0.25, 0.3) is 0 Å². The maximum Gasteiger partial charge on any atom is 0.323 e. The topological polar surface area (TPSA) is 49.3 Å². The zero-order valence-electron chi connectivity index (χ0n) is 12.6. The fourth-order valence-electron chi connectivity index (χ4n) is 2.76. The number of carbonyl (C=O) groups is 1. The summed E-state index contributed by atoms with van der Waals surface area (Å²) in [6.45, 7) is 5.80. The minimum absolute atomic E-state index is 0.203. The molecule has 0 aromatic rings. The molecule has 3 nitrogen and oxygen atoms in total. The quantitative estimate of drug-likeness (QED) is 0.635. The molecule has 1 aliphatic carbocycles. The normalized spacial score (nSPS) is 19.8. The lowest BCUT2D eigenvalue weighted by atomic mass is 9.94. The van der Waals surface area contributed by atoms with Crippen molar-refractivity contribution in [3.63, 3.8) is 0 Å². The summed E-state index contributed by atoms with van der Waals surface area (Å²) in [6, 6.07) is 0.203. The highest BCUT2D eigenvalue weighted by Crippen LogP contribution is 2.30. The molecule has 0 spiro atoms. The number of aliphatic carboxylic acids is 1. The molecule has 1 atom stereocenters. The summed E-state index contributed by atoms with van der Waals surface area (Å²) >= 11 is 2.09. The number of nitrogens with one attached hydrogen (secondary N) is 1. The van der Waals surface area contributed by atoms with E-state index in [0.717, 1.165) is 18.1 Å². The van der Waals surface area contributed by atoms with Crippen molar-refractivity contribution in [2.75, 3.05) is 5.75 Å². The lowest BCUT2D eigenvalue weighted by molar-refractivity contribution is -0.144. The number of carboxylic acids is 1. The minimum Gasteiger partial charge on any atom is -0.480 e. The summed E-state index contributed by atoms with van der Waals surface area (Å²) in [4.78, 5) is 11.4. The van der Waals surface area contributed by atoms with Gasteiger partial charge in [-0.05, 0) is 52.2 Å². The van der Waals surface area contributed by atoms with E-state index in [4.69, 9.17) is 0 Å². The Morgan fingerprint density at radius 2 is 2.00 bits per heavy atom. The Morgan fingerprint density at radius 3 is 2.53 bits per heavy atom. The summed E-state index contributed by atoms with van der Waals surface area (Å²) in [6.07, 6.45) is 8.39. The number of unbranched alkanes of at least 4 members (excludes halogenated alkanes) is 1. The second-order valence-electron chi connectivity index (χ2n) is 6.17. The van der Waals surface area contributed by atoms with Crippen molar-refractivity contribution in [2.24, 2.45) is 0 Å². The highest BCUT2D eigenvalue weighted by atomic mass is 32.2. The molecule has 0 saturated heterocycles. The molecule has 0 bridgehead atoms. The first kappa shape index (κ1) is 16.8. The Balaban J connectivity index is 2.18. The van der Waals surface area contributed by atoms with E-state index in [1.807, 2.05) is 13.8 Å². The molecule has 2 N–H and O–H groups in total. The molecule has 0 radical (unpaired) electrons. The van der Waals surface area contributed by atoms with Crippen LogP contribution < -0.4 is 5.32 Å². The third kappa shape index (κ3) is 6.17. The molecule has 1 unspecified atom stereocenters. The molecule has 0 aliphatic heterocycles. The second-order valence-corrected chi connectivity index (χ2v) is 7.58. The zero-order chi connectivity index (χ0) is 14.3. The van der Waals surface area contributed by atoms with E-state index < -0.39 is 11.5 Å². The smallest absolute Gasteiger partial charge is 0.323 e. The van der Waals surface area contributed by atoms with Crippen molar-refractivity contribution in [1.29, 1.82) is 0 Å². The van der Waals surface area contributed by atoms with Crippen LogP contribution in [0, 0.1) is 0 Å². The molecule has 4 heteroatoms. The molecule has 0 aromatic carbocycles. The van der Waals surface area contributed by atoms with Crippen LogP contribution in [-0.2, 0) is 4.79 Å². The fourth-order valence-corrected chi connectivity index (χ4v) is 4.13. The summed E-state index contributed by atoms with van der Waals surface area (Å²) in [7, 11) is 0. The van der Waals surface area contributed by atoms with E-state index >= 15 is 0 Å². The number of carboxylic acid groups (broad SMARTS) is 1. The van der Waals surface area contributed by atoms with Gasteiger partial charge in [0.1, 0.15) is 5.54 Å². The molecular weight excluding hydrogens is 258 g/mol. The van der Waals surface area contributed by atoms with Gasteiger partial charge in [0.2, 0.25) is 0 Å². The lowest BCUT2D eigenvalue weighted by Gasteiger charge is -2.28. The fraction of sp³-hybridized carbons (Fsp3) is 0.933. The highest BCUT2D eigenvalue weighted by molar-refractivity contribution is 7.99. The first-order chi connectivity index (χ1) is 8.94. The van der Waals surface area contributed by atoms with Crippen molar-refractivity contribution in [3.05, 3.63) is 0 Å². The maximum absolute atomic E-state index is 11.4. The monoisotopic (exact) mass is 287 g/mol. The molecule has 1 rings (SSSR count). The van der Waals surface area contributed by atoms with E-state index in [-0.39, 0.29) is 6.04 Å². The van der Waals surface area contributed by atoms with Crippen molar-refractivity contribution >= 4 is 17.7 Å². The molecule has 19 heavy (non-hydrogen) atoms. The maximum atomic E-state index is 11.4. The van der Waals surface area contributed by atoms with E-state index in [9.17, 15) is 9.90 Å². The van der Waals surface area contributed by atoms with Gasteiger partial charge in [0.15, 0.2) is 0 Å². The third-order valence-electron chi connectivity index (χ3n) is 3.81. The summed E-state index contributed by atoms with van der Waals surface area (Å²) in [5.74, 6) is 0.451. The van der Waals surface area contributed by atoms with Crippen LogP contribution in [0.25, 0.3) is 0 Å². The van der Waals surface area contributed by atoms with E-state index in [2.05, 4.69) is 17.1 Å². The van der Waals surface area contributed by atoms with Crippen LogP contribution in [0.4, 0.5) is 0 Å². The van der Waals surface area contributed by atoms with Crippen LogP contribution in [0.15, 0.2) is 0 Å². The molecule has 1 aliphatic rings. The average molecular weight is 287 g/mol. The van der Waals surface area contributed by atoms with Gasteiger partial charge in [0, 0.05) is 11.3 Å². The van der Waals surface area contributed by atoms with Crippen LogP contribution in [0.1, 0.15) is 65.7 Å². The Hall–Kier alpha value is -0.220. The van der Waals surface area contributed by atoms with Gasteiger partial charge < -0.3 is 5.11 Å². The van der Waals surface area contributed by atoms with Gasteiger partial charge >= 0.3 is 5.97 Å². The zero-order valence-corrected chi connectivity index (χ0v) is 13.4. The van der Waals surface area contributed by atoms with Crippen LogP contribution in [-0.4, -0.2) is 33.7 Å². The van der Waals surface area contributed by atoms with Crippen molar-refractivity contribution < 1.29 is 9.90 Å². The van der Waals surface area contributed by atoms with Gasteiger partial charge in [-0.3, -0.25) is 10.1 Å². The Labute approximate surface area is 121 Å². The molecule has 0 amide bonds. The lowest BCUT2D eigenvalue weighted by Crippen LogP contribution is -2.52. The first-order valence-electron chi connectivity index (χ1n) is 7.57. The van der Waals surface area contributed by atoms with Gasteiger partial charge in [-0.15, -0.1) is 0 Å². The van der Waals surface area contributed by atoms with E-state index in [1.165, 1.54) is 31.4 Å². The largest absolute Gasteiger partial charge is 0.480 e. The predicted octanol–water partition coefficient (Wildman–Crippen LogP) is 3.67. The Morgan fingerprint density at radius 1 is 1.37 bits per heavy atom. The van der Waals surface area contributed by atoms with Crippen LogP contribution in [0.5, 0.6) is 0 Å². The summed E-state index contributed by atoms with van der Waals surface area (Å²) < 4.78 is 0. The van der Waals surface area contributed by atoms with E-state index in [0.29, 0.717) is 6.42 Å². The standard InChI is InChI=1S/C15H29NO2S/c1-12(2)16-15(3,14(17)18)10-6-7-11-19-13-8-4-5-9-13/h12-13,16H,4-11H2,1-3H3,(H,17,18). The molecule has 1 saturated carbocycles. The SMILES string of the molecule is CC(C)NC(C)(CCCCSC1CCCC1)C(=O)O. The second kappa shape index (κ2) is 8.15. The number of thioether (sulfide) groups is 1. The minimum atomic E-state index is -0.772. The van der Waals surface area contributed by atoms with Crippen molar-refractivity contribution in [2.45, 2.75) is 82.5 Å². The van der Waals surface area contributed by atoms with Crippen LogP contribution >= 0.6 is 11.8 Å². The third-order valence-corrected chi connectivity index (χ3v) is 5.27. The highest BCUT2D eigenvalue weighted by Gasteiger charge is 2.32. The van der Waals surface area contributed by atoms with E-state index in [1.54, 1.807) is 6.92 Å². The van der Waals surface area contributed by atoms with Crippen molar-refractivity contribution in [3.8, 4) is 0 Å². The van der Waals surface area contributed by atoms with Crippen LogP contribution in [0.2, 0.25) is 0 Å². The van der Waals surface area contributed by atoms with Gasteiger partial charge in [0.05, 0.1) is 0 Å². The summed E-state index contributed by atoms with van der Waals surface area (Å²) in [5, 5.41) is 13.4. The molecule has 0 aromatic heterocycles. The Kier molecular flexibility index (Phi) is 7.22. The number of rotatable bonds is 9. The molecule has 112 valence electrons. The predicted molar refractivity (Wildman–Crippen MR) is 82.9 cm³/mol. The average Bonchev–Trinajstić information content (AvgIpc) is 2.80. The number of hydrogen-bond acceptors (Lipinski definition) is 3. The summed E-state index contributed by atoms with van der Waals surface area (Å²) in [5.41, 5.74) is -0.772. The molecule has 1 fully saturated rings.